The summed E-state index contributed by atoms with van der Waals surface area (Å²) < 4.78 is 9.09. The second-order valence-electron chi connectivity index (χ2n) is 2.93. The first-order valence-electron chi connectivity index (χ1n) is 4.85. The Labute approximate surface area is 103 Å². The highest BCUT2D eigenvalue weighted by Gasteiger charge is 2.33. The van der Waals surface area contributed by atoms with Crippen molar-refractivity contribution >= 4 is 11.9 Å². The summed E-state index contributed by atoms with van der Waals surface area (Å²) in [4.78, 5) is 25.0. The second kappa shape index (κ2) is 8.80. The van der Waals surface area contributed by atoms with Crippen LogP contribution in [0.2, 0.25) is 0 Å². The summed E-state index contributed by atoms with van der Waals surface area (Å²) in [6, 6.07) is -1.70. The number of rotatable bonds is 8. The van der Waals surface area contributed by atoms with Crippen LogP contribution in [0.1, 0.15) is 0 Å². The predicted molar refractivity (Wildman–Crippen MR) is 61.3 cm³/mol. The lowest BCUT2D eigenvalue weighted by atomic mass is 10.2. The molecule has 0 unspecified atom stereocenters. The first-order valence-corrected chi connectivity index (χ1v) is 4.85. The molecular formula is C10H13N3O5. The van der Waals surface area contributed by atoms with Crippen molar-refractivity contribution in [2.24, 2.45) is 5.11 Å². The number of carbonyl (C=O) groups excluding carboxylic acids is 2. The monoisotopic (exact) mass is 255 g/mol. The van der Waals surface area contributed by atoms with Gasteiger partial charge >= 0.3 is 11.9 Å². The zero-order chi connectivity index (χ0) is 14.0. The highest BCUT2D eigenvalue weighted by atomic mass is 16.6. The molecule has 98 valence electrons. The zero-order valence-corrected chi connectivity index (χ0v) is 9.56. The van der Waals surface area contributed by atoms with E-state index in [1.54, 1.807) is 0 Å². The van der Waals surface area contributed by atoms with Crippen LogP contribution in [0.25, 0.3) is 10.4 Å². The van der Waals surface area contributed by atoms with E-state index in [4.69, 9.17) is 5.53 Å². The molecule has 2 atom stereocenters. The minimum Gasteiger partial charge on any atom is -0.461 e. The summed E-state index contributed by atoms with van der Waals surface area (Å²) >= 11 is 0. The van der Waals surface area contributed by atoms with Crippen LogP contribution in [0.15, 0.2) is 30.4 Å². The third-order valence-electron chi connectivity index (χ3n) is 1.64. The Morgan fingerprint density at radius 1 is 1.28 bits per heavy atom. The number of nitrogens with zero attached hydrogens (tertiary/aromatic N) is 3. The van der Waals surface area contributed by atoms with Crippen LogP contribution in [0.5, 0.6) is 0 Å². The third-order valence-corrected chi connectivity index (χ3v) is 1.64. The molecule has 8 heteroatoms. The smallest absolute Gasteiger partial charge is 0.336 e. The summed E-state index contributed by atoms with van der Waals surface area (Å²) in [5.41, 5.74) is 8.27. The molecule has 0 rings (SSSR count). The van der Waals surface area contributed by atoms with Gasteiger partial charge in [0.05, 0.1) is 0 Å². The van der Waals surface area contributed by atoms with Crippen molar-refractivity contribution in [3.8, 4) is 0 Å². The summed E-state index contributed by atoms with van der Waals surface area (Å²) in [5.74, 6) is -2.15. The van der Waals surface area contributed by atoms with Crippen LogP contribution in [0, 0.1) is 0 Å². The molecule has 0 spiro atoms. The van der Waals surface area contributed by atoms with Gasteiger partial charge in [0.2, 0.25) is 0 Å². The fourth-order valence-corrected chi connectivity index (χ4v) is 0.877. The van der Waals surface area contributed by atoms with Crippen molar-refractivity contribution < 1.29 is 24.2 Å². The number of ether oxygens (including phenoxy) is 2. The van der Waals surface area contributed by atoms with Crippen molar-refractivity contribution in [3.63, 3.8) is 0 Å². The van der Waals surface area contributed by atoms with Crippen molar-refractivity contribution in [2.75, 3.05) is 13.2 Å². The highest BCUT2D eigenvalue weighted by molar-refractivity contribution is 5.86. The average molecular weight is 255 g/mol. The molecule has 0 aliphatic carbocycles. The Morgan fingerprint density at radius 2 is 1.78 bits per heavy atom. The summed E-state index contributed by atoms with van der Waals surface area (Å²) in [7, 11) is 0. The molecule has 1 N–H and O–H groups in total. The summed E-state index contributed by atoms with van der Waals surface area (Å²) in [5, 5.41) is 12.5. The molecule has 8 nitrogen and oxygen atoms in total. The van der Waals surface area contributed by atoms with Crippen LogP contribution in [0.4, 0.5) is 0 Å². The number of carbonyl (C=O) groups is 2. The van der Waals surface area contributed by atoms with Crippen molar-refractivity contribution in [2.45, 2.75) is 12.1 Å². The van der Waals surface area contributed by atoms with Gasteiger partial charge < -0.3 is 14.6 Å². The van der Waals surface area contributed by atoms with Crippen LogP contribution in [-0.4, -0.2) is 42.4 Å². The van der Waals surface area contributed by atoms with Gasteiger partial charge in [-0.15, -0.1) is 0 Å². The van der Waals surface area contributed by atoms with Crippen LogP contribution in [-0.2, 0) is 19.1 Å². The van der Waals surface area contributed by atoms with Crippen molar-refractivity contribution in [1.82, 2.24) is 0 Å². The first-order chi connectivity index (χ1) is 8.58. The lowest BCUT2D eigenvalue weighted by Crippen LogP contribution is -2.40. The molecular weight excluding hydrogens is 242 g/mol. The van der Waals surface area contributed by atoms with E-state index in [-0.39, 0.29) is 13.2 Å². The molecule has 0 radical (unpaired) electrons. The SMILES string of the molecule is C=CCOC(=O)[C@@H](N=[N+]=[N-])[C@@H](O)C(=O)OCC=C. The maximum atomic E-state index is 11.4. The Hall–Kier alpha value is -2.31. The molecule has 18 heavy (non-hydrogen) atoms. The van der Waals surface area contributed by atoms with Gasteiger partial charge in [-0.1, -0.05) is 30.4 Å². The van der Waals surface area contributed by atoms with E-state index >= 15 is 0 Å². The van der Waals surface area contributed by atoms with Crippen LogP contribution >= 0.6 is 0 Å². The number of aliphatic hydroxyl groups is 1. The predicted octanol–water partition coefficient (Wildman–Crippen LogP) is 0.485. The second-order valence-corrected chi connectivity index (χ2v) is 2.93. The van der Waals surface area contributed by atoms with Gasteiger partial charge in [-0.3, -0.25) is 4.79 Å². The Bertz CT molecular complexity index is 376. The maximum absolute atomic E-state index is 11.4. The Kier molecular flexibility index (Phi) is 7.67. The van der Waals surface area contributed by atoms with Gasteiger partial charge in [0.25, 0.3) is 0 Å². The molecule has 0 aromatic heterocycles. The topological polar surface area (TPSA) is 122 Å². The number of hydrogen-bond donors (Lipinski definition) is 1. The molecule has 0 aromatic rings. The van der Waals surface area contributed by atoms with Crippen LogP contribution < -0.4 is 0 Å². The standard InChI is InChI=1S/C10H13N3O5/c1-3-5-17-9(15)7(12-13-11)8(14)10(16)18-6-4-2/h3-4,7-8,14H,1-2,5-6H2/t7-,8+/m0/s1. The van der Waals surface area contributed by atoms with E-state index in [2.05, 4.69) is 32.7 Å². The number of azide groups is 1. The molecule has 0 saturated carbocycles. The molecule has 0 bridgehead atoms. The number of hydrogen-bond acceptors (Lipinski definition) is 6. The normalized spacial score (nSPS) is 12.5. The number of esters is 2. The van der Waals surface area contributed by atoms with E-state index < -0.39 is 24.1 Å². The minimum absolute atomic E-state index is 0.134. The molecule has 0 fully saturated rings. The number of aliphatic hydroxyl groups excluding tert-OH is 1. The van der Waals surface area contributed by atoms with Gasteiger partial charge in [0.1, 0.15) is 13.2 Å². The summed E-state index contributed by atoms with van der Waals surface area (Å²) in [6.45, 7) is 6.35. The third kappa shape index (κ3) is 5.15. The quantitative estimate of drug-likeness (QED) is 0.222. The van der Waals surface area contributed by atoms with Gasteiger partial charge in [-0.2, -0.15) is 0 Å². The van der Waals surface area contributed by atoms with E-state index in [1.807, 2.05) is 0 Å². The maximum Gasteiger partial charge on any atom is 0.336 e. The van der Waals surface area contributed by atoms with E-state index in [0.717, 1.165) is 0 Å². The molecule has 0 aliphatic rings. The average Bonchev–Trinajstić information content (AvgIpc) is 2.38. The molecule has 0 amide bonds. The highest BCUT2D eigenvalue weighted by Crippen LogP contribution is 2.05. The van der Waals surface area contributed by atoms with E-state index in [0.29, 0.717) is 0 Å². The zero-order valence-electron chi connectivity index (χ0n) is 9.56. The molecule has 0 aliphatic heterocycles. The molecule has 0 saturated heterocycles. The molecule has 0 aromatic carbocycles. The lowest BCUT2D eigenvalue weighted by Gasteiger charge is -2.15. The fraction of sp³-hybridized carbons (Fsp3) is 0.400. The first kappa shape index (κ1) is 15.7. The minimum atomic E-state index is -1.93. The van der Waals surface area contributed by atoms with Gasteiger partial charge in [-0.05, 0) is 5.53 Å². The van der Waals surface area contributed by atoms with Crippen LogP contribution in [0.3, 0.4) is 0 Å². The molecule has 0 heterocycles. The van der Waals surface area contributed by atoms with Crippen molar-refractivity contribution in [1.29, 1.82) is 0 Å². The van der Waals surface area contributed by atoms with Gasteiger partial charge in [-0.25, -0.2) is 4.79 Å². The lowest BCUT2D eigenvalue weighted by molar-refractivity contribution is -0.160. The fourth-order valence-electron chi connectivity index (χ4n) is 0.877. The van der Waals surface area contributed by atoms with Gasteiger partial charge in [0.15, 0.2) is 12.1 Å². The Balaban J connectivity index is 4.71. The largest absolute Gasteiger partial charge is 0.461 e. The van der Waals surface area contributed by atoms with Gasteiger partial charge in [0, 0.05) is 4.91 Å². The van der Waals surface area contributed by atoms with E-state index in [9.17, 15) is 14.7 Å². The van der Waals surface area contributed by atoms with Crippen molar-refractivity contribution in [3.05, 3.63) is 35.8 Å². The summed E-state index contributed by atoms with van der Waals surface area (Å²) in [6.07, 6.45) is 0.634. The van der Waals surface area contributed by atoms with E-state index in [1.165, 1.54) is 12.2 Å². The Morgan fingerprint density at radius 3 is 2.22 bits per heavy atom.